The van der Waals surface area contributed by atoms with Gasteiger partial charge in [0.25, 0.3) is 0 Å². The fourth-order valence-corrected chi connectivity index (χ4v) is 3.04. The summed E-state index contributed by atoms with van der Waals surface area (Å²) in [7, 11) is 1.69. The van der Waals surface area contributed by atoms with E-state index in [1.165, 1.54) is 12.0 Å². The molecule has 0 saturated carbocycles. The number of carbonyl (C=O) groups is 1. The second kappa shape index (κ2) is 8.18. The number of aryl methyl sites for hydroxylation is 1. The lowest BCUT2D eigenvalue weighted by Gasteiger charge is -2.32. The summed E-state index contributed by atoms with van der Waals surface area (Å²) >= 11 is 0. The van der Waals surface area contributed by atoms with Gasteiger partial charge in [-0.3, -0.25) is 4.79 Å². The van der Waals surface area contributed by atoms with E-state index in [9.17, 15) is 4.79 Å². The molecule has 1 aliphatic heterocycles. The largest absolute Gasteiger partial charge is 0.497 e. The summed E-state index contributed by atoms with van der Waals surface area (Å²) in [6.45, 7) is 3.66. The molecule has 0 bridgehead atoms. The van der Waals surface area contributed by atoms with Crippen LogP contribution >= 0.6 is 0 Å². The molecule has 1 saturated heterocycles. The highest BCUT2D eigenvalue weighted by molar-refractivity contribution is 5.76. The minimum absolute atomic E-state index is 0.0414. The number of carbonyl (C=O) groups excluding carboxylic acids is 1. The molecule has 122 valence electrons. The average molecular weight is 304 g/mol. The van der Waals surface area contributed by atoms with Crippen LogP contribution in [0.15, 0.2) is 24.3 Å². The molecule has 1 heterocycles. The first kappa shape index (κ1) is 16.8. The Morgan fingerprint density at radius 3 is 2.50 bits per heavy atom. The Labute approximate surface area is 133 Å². The highest BCUT2D eigenvalue weighted by Crippen LogP contribution is 2.23. The van der Waals surface area contributed by atoms with Gasteiger partial charge >= 0.3 is 0 Å². The van der Waals surface area contributed by atoms with Crippen molar-refractivity contribution in [1.82, 2.24) is 4.90 Å². The van der Waals surface area contributed by atoms with Crippen molar-refractivity contribution < 1.29 is 9.53 Å². The molecular formula is C18H28N2O2. The number of benzene rings is 1. The molecule has 1 aromatic carbocycles. The molecule has 0 radical (unpaired) electrons. The van der Waals surface area contributed by atoms with Gasteiger partial charge in [-0.15, -0.1) is 0 Å². The van der Waals surface area contributed by atoms with Crippen LogP contribution in [0.1, 0.15) is 38.2 Å². The Kier molecular flexibility index (Phi) is 6.25. The van der Waals surface area contributed by atoms with E-state index in [-0.39, 0.29) is 11.9 Å². The molecule has 4 heteroatoms. The van der Waals surface area contributed by atoms with Crippen LogP contribution in [0, 0.1) is 5.92 Å². The summed E-state index contributed by atoms with van der Waals surface area (Å²) in [5.41, 5.74) is 7.06. The van der Waals surface area contributed by atoms with E-state index in [0.29, 0.717) is 6.42 Å². The zero-order valence-corrected chi connectivity index (χ0v) is 13.8. The van der Waals surface area contributed by atoms with Gasteiger partial charge in [0.1, 0.15) is 5.75 Å². The molecule has 2 rings (SSSR count). The number of ether oxygens (including phenoxy) is 1. The second-order valence-corrected chi connectivity index (χ2v) is 6.39. The van der Waals surface area contributed by atoms with Crippen molar-refractivity contribution in [2.24, 2.45) is 11.7 Å². The summed E-state index contributed by atoms with van der Waals surface area (Å²) < 4.78 is 5.18. The minimum atomic E-state index is -0.0414. The molecule has 0 aliphatic carbocycles. The number of likely N-dealkylation sites (tertiary alicyclic amines) is 1. The predicted octanol–water partition coefficient (Wildman–Crippen LogP) is 2.60. The quantitative estimate of drug-likeness (QED) is 0.879. The number of nitrogens with two attached hydrogens (primary N) is 1. The van der Waals surface area contributed by atoms with Crippen LogP contribution in [0.2, 0.25) is 0 Å². The summed E-state index contributed by atoms with van der Waals surface area (Å²) in [4.78, 5) is 14.0. The lowest BCUT2D eigenvalue weighted by Crippen LogP contribution is -2.40. The molecule has 1 fully saturated rings. The number of piperidine rings is 1. The van der Waals surface area contributed by atoms with Crippen LogP contribution < -0.4 is 10.5 Å². The van der Waals surface area contributed by atoms with Crippen molar-refractivity contribution in [2.45, 2.75) is 45.1 Å². The smallest absolute Gasteiger partial charge is 0.224 e. The zero-order chi connectivity index (χ0) is 15.9. The fraction of sp³-hybridized carbons (Fsp3) is 0.611. The van der Waals surface area contributed by atoms with Gasteiger partial charge in [0.2, 0.25) is 5.91 Å². The summed E-state index contributed by atoms with van der Waals surface area (Å²) in [6.07, 6.45) is 4.99. The molecule has 22 heavy (non-hydrogen) atoms. The van der Waals surface area contributed by atoms with Crippen LogP contribution in [-0.4, -0.2) is 37.0 Å². The maximum Gasteiger partial charge on any atom is 0.224 e. The Hall–Kier alpha value is -1.55. The molecule has 1 atom stereocenters. The lowest BCUT2D eigenvalue weighted by atomic mass is 9.90. The maximum atomic E-state index is 12.0. The Morgan fingerprint density at radius 2 is 1.95 bits per heavy atom. The SMILES string of the molecule is COc1ccc(CCC2CCN(C(=O)CC(C)N)CC2)cc1. The number of nitrogens with zero attached hydrogens (tertiary/aromatic N) is 1. The highest BCUT2D eigenvalue weighted by atomic mass is 16.5. The van der Waals surface area contributed by atoms with Gasteiger partial charge < -0.3 is 15.4 Å². The zero-order valence-electron chi connectivity index (χ0n) is 13.8. The van der Waals surface area contributed by atoms with Crippen LogP contribution in [0.4, 0.5) is 0 Å². The maximum absolute atomic E-state index is 12.0. The topological polar surface area (TPSA) is 55.6 Å². The summed E-state index contributed by atoms with van der Waals surface area (Å²) in [6, 6.07) is 8.27. The van der Waals surface area contributed by atoms with E-state index >= 15 is 0 Å². The lowest BCUT2D eigenvalue weighted by molar-refractivity contribution is -0.132. The molecular weight excluding hydrogens is 276 g/mol. The van der Waals surface area contributed by atoms with Gasteiger partial charge in [-0.05, 0) is 56.2 Å². The standard InChI is InChI=1S/C18H28N2O2/c1-14(19)13-18(21)20-11-9-16(10-12-20)4-3-15-5-7-17(22-2)8-6-15/h5-8,14,16H,3-4,9-13,19H2,1-2H3. The van der Waals surface area contributed by atoms with E-state index < -0.39 is 0 Å². The van der Waals surface area contributed by atoms with E-state index in [1.807, 2.05) is 24.0 Å². The second-order valence-electron chi connectivity index (χ2n) is 6.39. The van der Waals surface area contributed by atoms with Crippen molar-refractivity contribution in [3.63, 3.8) is 0 Å². The van der Waals surface area contributed by atoms with Crippen molar-refractivity contribution >= 4 is 5.91 Å². The van der Waals surface area contributed by atoms with Gasteiger partial charge in [-0.2, -0.15) is 0 Å². The summed E-state index contributed by atoms with van der Waals surface area (Å²) in [5.74, 6) is 1.84. The third kappa shape index (κ3) is 5.02. The van der Waals surface area contributed by atoms with Gasteiger partial charge in [0.05, 0.1) is 7.11 Å². The van der Waals surface area contributed by atoms with Gasteiger partial charge in [-0.25, -0.2) is 0 Å². The number of methoxy groups -OCH3 is 1. The van der Waals surface area contributed by atoms with E-state index in [2.05, 4.69) is 12.1 Å². The van der Waals surface area contributed by atoms with Crippen molar-refractivity contribution in [3.8, 4) is 5.75 Å². The Balaban J connectivity index is 1.71. The van der Waals surface area contributed by atoms with Crippen molar-refractivity contribution in [3.05, 3.63) is 29.8 Å². The Morgan fingerprint density at radius 1 is 1.32 bits per heavy atom. The van der Waals surface area contributed by atoms with Crippen LogP contribution in [0.25, 0.3) is 0 Å². The molecule has 1 unspecified atom stereocenters. The molecule has 4 nitrogen and oxygen atoms in total. The number of hydrogen-bond donors (Lipinski definition) is 1. The van der Waals surface area contributed by atoms with Gasteiger partial charge in [0, 0.05) is 25.6 Å². The van der Waals surface area contributed by atoms with Crippen LogP contribution in [-0.2, 0) is 11.2 Å². The molecule has 1 amide bonds. The minimum Gasteiger partial charge on any atom is -0.497 e. The van der Waals surface area contributed by atoms with E-state index in [0.717, 1.165) is 44.0 Å². The first-order chi connectivity index (χ1) is 10.6. The molecule has 1 aliphatic rings. The first-order valence-electron chi connectivity index (χ1n) is 8.24. The Bertz CT molecular complexity index is 462. The number of hydrogen-bond acceptors (Lipinski definition) is 3. The van der Waals surface area contributed by atoms with Crippen molar-refractivity contribution in [2.75, 3.05) is 20.2 Å². The van der Waals surface area contributed by atoms with Gasteiger partial charge in [0.15, 0.2) is 0 Å². The van der Waals surface area contributed by atoms with E-state index in [4.69, 9.17) is 10.5 Å². The summed E-state index contributed by atoms with van der Waals surface area (Å²) in [5, 5.41) is 0. The van der Waals surface area contributed by atoms with Crippen LogP contribution in [0.3, 0.4) is 0 Å². The monoisotopic (exact) mass is 304 g/mol. The number of amides is 1. The third-order valence-corrected chi connectivity index (χ3v) is 4.46. The van der Waals surface area contributed by atoms with Gasteiger partial charge in [-0.1, -0.05) is 12.1 Å². The van der Waals surface area contributed by atoms with Crippen molar-refractivity contribution in [1.29, 1.82) is 0 Å². The fourth-order valence-electron chi connectivity index (χ4n) is 3.04. The molecule has 2 N–H and O–H groups in total. The normalized spacial score (nSPS) is 17.3. The molecule has 0 spiro atoms. The molecule has 0 aromatic heterocycles. The average Bonchev–Trinajstić information content (AvgIpc) is 2.53. The predicted molar refractivity (Wildman–Crippen MR) is 88.9 cm³/mol. The van der Waals surface area contributed by atoms with Crippen LogP contribution in [0.5, 0.6) is 5.75 Å². The van der Waals surface area contributed by atoms with E-state index in [1.54, 1.807) is 7.11 Å². The number of rotatable bonds is 6. The molecule has 1 aromatic rings. The highest BCUT2D eigenvalue weighted by Gasteiger charge is 2.22. The first-order valence-corrected chi connectivity index (χ1v) is 8.24. The third-order valence-electron chi connectivity index (χ3n) is 4.46.